The second-order valence-electron chi connectivity index (χ2n) is 9.32. The molecule has 0 atom stereocenters. The molecular formula is C29H23NO. The van der Waals surface area contributed by atoms with Crippen molar-refractivity contribution in [2.75, 3.05) is 0 Å². The van der Waals surface area contributed by atoms with Gasteiger partial charge < -0.3 is 4.42 Å². The summed E-state index contributed by atoms with van der Waals surface area (Å²) in [5.74, 6) is 0. The Labute approximate surface area is 181 Å². The molecule has 2 heteroatoms. The van der Waals surface area contributed by atoms with Crippen molar-refractivity contribution in [3.8, 4) is 11.3 Å². The van der Waals surface area contributed by atoms with Crippen molar-refractivity contribution in [3.05, 3.63) is 90.6 Å². The van der Waals surface area contributed by atoms with Crippen LogP contribution in [0.25, 0.3) is 54.7 Å². The lowest BCUT2D eigenvalue weighted by Crippen LogP contribution is -2.11. The summed E-state index contributed by atoms with van der Waals surface area (Å²) < 4.78 is 6.48. The lowest BCUT2D eigenvalue weighted by Gasteiger charge is -2.19. The van der Waals surface area contributed by atoms with Crippen LogP contribution in [0.2, 0.25) is 0 Å². The molecule has 0 bridgehead atoms. The summed E-state index contributed by atoms with van der Waals surface area (Å²) in [6, 6.07) is 28.0. The average molecular weight is 402 g/mol. The predicted molar refractivity (Wildman–Crippen MR) is 131 cm³/mol. The Morgan fingerprint density at radius 1 is 0.677 bits per heavy atom. The third-order valence-corrected chi connectivity index (χ3v) is 6.26. The molecule has 2 nitrogen and oxygen atoms in total. The minimum atomic E-state index is 0.0677. The Morgan fingerprint density at radius 3 is 2.35 bits per heavy atom. The molecule has 0 spiro atoms. The molecule has 0 amide bonds. The van der Waals surface area contributed by atoms with Crippen molar-refractivity contribution in [1.82, 2.24) is 4.98 Å². The molecule has 31 heavy (non-hydrogen) atoms. The Bertz CT molecular complexity index is 1620. The van der Waals surface area contributed by atoms with E-state index in [2.05, 4.69) is 105 Å². The molecule has 0 aliphatic heterocycles. The van der Waals surface area contributed by atoms with E-state index in [0.29, 0.717) is 0 Å². The molecule has 6 rings (SSSR count). The van der Waals surface area contributed by atoms with Crippen molar-refractivity contribution < 1.29 is 4.42 Å². The Hall–Kier alpha value is -3.65. The standard InChI is InChI=1S/C29H23NO/c1-29(2,3)20-13-14-30-26(16-20)23-10-6-9-22-25-15-19-12-11-18-7-4-5-8-21(18)24(19)17-27(25)31-28(22)23/h4-17H,1-3H3. The first kappa shape index (κ1) is 18.1. The molecule has 4 aromatic carbocycles. The number of aromatic nitrogens is 1. The SMILES string of the molecule is CC(C)(C)c1ccnc(-c2cccc3c2oc2cc4c(ccc5ccccc54)cc23)c1. The summed E-state index contributed by atoms with van der Waals surface area (Å²) in [6.45, 7) is 6.68. The minimum Gasteiger partial charge on any atom is -0.455 e. The van der Waals surface area contributed by atoms with Crippen LogP contribution in [0.3, 0.4) is 0 Å². The van der Waals surface area contributed by atoms with Gasteiger partial charge in [0.05, 0.1) is 5.69 Å². The highest BCUT2D eigenvalue weighted by atomic mass is 16.3. The van der Waals surface area contributed by atoms with Gasteiger partial charge in [-0.25, -0.2) is 0 Å². The maximum absolute atomic E-state index is 6.48. The number of nitrogens with zero attached hydrogens (tertiary/aromatic N) is 1. The third kappa shape index (κ3) is 2.83. The zero-order valence-electron chi connectivity index (χ0n) is 17.9. The van der Waals surface area contributed by atoms with E-state index in [-0.39, 0.29) is 5.41 Å². The second kappa shape index (κ2) is 6.42. The van der Waals surface area contributed by atoms with E-state index in [9.17, 15) is 0 Å². The Balaban J connectivity index is 1.65. The molecule has 6 aromatic rings. The van der Waals surface area contributed by atoms with E-state index < -0.39 is 0 Å². The van der Waals surface area contributed by atoms with Gasteiger partial charge in [0, 0.05) is 22.5 Å². The number of fused-ring (bicyclic) bond motifs is 6. The fourth-order valence-electron chi connectivity index (χ4n) is 4.54. The summed E-state index contributed by atoms with van der Waals surface area (Å²) >= 11 is 0. The van der Waals surface area contributed by atoms with Gasteiger partial charge in [0.1, 0.15) is 11.2 Å². The molecule has 0 radical (unpaired) electrons. The number of benzene rings is 4. The van der Waals surface area contributed by atoms with E-state index in [0.717, 1.165) is 33.2 Å². The fraction of sp³-hybridized carbons (Fsp3) is 0.138. The van der Waals surface area contributed by atoms with Crippen molar-refractivity contribution in [1.29, 1.82) is 0 Å². The van der Waals surface area contributed by atoms with Gasteiger partial charge in [-0.2, -0.15) is 0 Å². The average Bonchev–Trinajstić information content (AvgIpc) is 3.15. The predicted octanol–water partition coefficient (Wildman–Crippen LogP) is 8.25. The third-order valence-electron chi connectivity index (χ3n) is 6.26. The van der Waals surface area contributed by atoms with Crippen molar-refractivity contribution in [2.24, 2.45) is 0 Å². The molecule has 0 N–H and O–H groups in total. The molecular weight excluding hydrogens is 378 g/mol. The first-order valence-corrected chi connectivity index (χ1v) is 10.7. The van der Waals surface area contributed by atoms with Gasteiger partial charge >= 0.3 is 0 Å². The van der Waals surface area contributed by atoms with Gasteiger partial charge in [-0.1, -0.05) is 69.3 Å². The first-order chi connectivity index (χ1) is 15.0. The van der Waals surface area contributed by atoms with E-state index in [1.165, 1.54) is 27.1 Å². The van der Waals surface area contributed by atoms with Crippen LogP contribution in [-0.4, -0.2) is 4.98 Å². The van der Waals surface area contributed by atoms with Crippen LogP contribution in [-0.2, 0) is 5.41 Å². The molecule has 2 aromatic heterocycles. The van der Waals surface area contributed by atoms with Crippen molar-refractivity contribution >= 4 is 43.5 Å². The van der Waals surface area contributed by atoms with Gasteiger partial charge in [-0.05, 0) is 62.9 Å². The maximum Gasteiger partial charge on any atom is 0.144 e. The van der Waals surface area contributed by atoms with E-state index in [1.807, 2.05) is 6.20 Å². The molecule has 2 heterocycles. The highest BCUT2D eigenvalue weighted by molar-refractivity contribution is 6.17. The molecule has 0 aliphatic rings. The first-order valence-electron chi connectivity index (χ1n) is 10.7. The maximum atomic E-state index is 6.48. The summed E-state index contributed by atoms with van der Waals surface area (Å²) in [5, 5.41) is 7.22. The van der Waals surface area contributed by atoms with E-state index in [1.54, 1.807) is 0 Å². The molecule has 0 fully saturated rings. The van der Waals surface area contributed by atoms with Gasteiger partial charge in [-0.3, -0.25) is 4.98 Å². The number of hydrogen-bond donors (Lipinski definition) is 0. The van der Waals surface area contributed by atoms with E-state index in [4.69, 9.17) is 4.42 Å². The van der Waals surface area contributed by atoms with Gasteiger partial charge in [-0.15, -0.1) is 0 Å². The van der Waals surface area contributed by atoms with Crippen LogP contribution in [0, 0.1) is 0 Å². The second-order valence-corrected chi connectivity index (χ2v) is 9.32. The topological polar surface area (TPSA) is 26.0 Å². The number of hydrogen-bond acceptors (Lipinski definition) is 2. The molecule has 150 valence electrons. The largest absolute Gasteiger partial charge is 0.455 e. The summed E-state index contributed by atoms with van der Waals surface area (Å²) in [6.07, 6.45) is 1.90. The van der Waals surface area contributed by atoms with Crippen LogP contribution in [0.15, 0.2) is 89.5 Å². The number of pyridine rings is 1. The molecule has 0 saturated carbocycles. The zero-order chi connectivity index (χ0) is 21.2. The summed E-state index contributed by atoms with van der Waals surface area (Å²) in [4.78, 5) is 4.68. The van der Waals surface area contributed by atoms with Crippen LogP contribution >= 0.6 is 0 Å². The monoisotopic (exact) mass is 401 g/mol. The van der Waals surface area contributed by atoms with Gasteiger partial charge in [0.15, 0.2) is 0 Å². The highest BCUT2D eigenvalue weighted by Crippen LogP contribution is 2.39. The Morgan fingerprint density at radius 2 is 1.48 bits per heavy atom. The normalized spacial score (nSPS) is 12.4. The van der Waals surface area contributed by atoms with Crippen LogP contribution < -0.4 is 0 Å². The van der Waals surface area contributed by atoms with Crippen molar-refractivity contribution in [2.45, 2.75) is 26.2 Å². The van der Waals surface area contributed by atoms with Crippen LogP contribution in [0.1, 0.15) is 26.3 Å². The Kier molecular flexibility index (Phi) is 3.76. The van der Waals surface area contributed by atoms with Gasteiger partial charge in [0.25, 0.3) is 0 Å². The molecule has 0 saturated heterocycles. The lowest BCUT2D eigenvalue weighted by atomic mass is 9.87. The van der Waals surface area contributed by atoms with Crippen LogP contribution in [0.4, 0.5) is 0 Å². The summed E-state index contributed by atoms with van der Waals surface area (Å²) in [5.41, 5.74) is 5.13. The van der Waals surface area contributed by atoms with Crippen LogP contribution in [0.5, 0.6) is 0 Å². The molecule has 0 unspecified atom stereocenters. The zero-order valence-corrected chi connectivity index (χ0v) is 17.9. The highest BCUT2D eigenvalue weighted by Gasteiger charge is 2.18. The quantitative estimate of drug-likeness (QED) is 0.259. The minimum absolute atomic E-state index is 0.0677. The van der Waals surface area contributed by atoms with Gasteiger partial charge in [0.2, 0.25) is 0 Å². The smallest absolute Gasteiger partial charge is 0.144 e. The van der Waals surface area contributed by atoms with E-state index >= 15 is 0 Å². The van der Waals surface area contributed by atoms with Crippen molar-refractivity contribution in [3.63, 3.8) is 0 Å². The number of furan rings is 1. The lowest BCUT2D eigenvalue weighted by molar-refractivity contribution is 0.589. The number of para-hydroxylation sites is 1. The molecule has 0 aliphatic carbocycles. The summed E-state index contributed by atoms with van der Waals surface area (Å²) in [7, 11) is 0. The fourth-order valence-corrected chi connectivity index (χ4v) is 4.54. The number of rotatable bonds is 1.